The van der Waals surface area contributed by atoms with Crippen LogP contribution in [0.1, 0.15) is 39.2 Å². The number of anilines is 2. The molecule has 0 radical (unpaired) electrons. The Morgan fingerprint density at radius 2 is 1.95 bits per heavy atom. The molecule has 5 rings (SSSR count). The number of carbonyl (C=O) groups is 2. The van der Waals surface area contributed by atoms with E-state index in [0.29, 0.717) is 69.4 Å². The first kappa shape index (κ1) is 28.1. The zero-order valence-corrected chi connectivity index (χ0v) is 23.8. The molecule has 3 saturated heterocycles. The van der Waals surface area contributed by atoms with Crippen LogP contribution in [0.15, 0.2) is 18.5 Å². The molecule has 3 aliphatic rings. The number of hydrogen-bond acceptors (Lipinski definition) is 9. The van der Waals surface area contributed by atoms with E-state index >= 15 is 0 Å². The van der Waals surface area contributed by atoms with Gasteiger partial charge in [-0.1, -0.05) is 6.08 Å². The van der Waals surface area contributed by atoms with Crippen LogP contribution in [0.4, 0.5) is 16.6 Å². The molecule has 3 fully saturated rings. The van der Waals surface area contributed by atoms with Gasteiger partial charge in [0.25, 0.3) is 0 Å². The number of aromatic nitrogens is 4. The molecule has 3 unspecified atom stereocenters. The smallest absolute Gasteiger partial charge is 0.407 e. The van der Waals surface area contributed by atoms with Gasteiger partial charge >= 0.3 is 6.09 Å². The number of likely N-dealkylation sites (tertiary alicyclic amines) is 2. The Bertz CT molecular complexity index is 1260. The van der Waals surface area contributed by atoms with Crippen molar-refractivity contribution in [3.63, 3.8) is 0 Å². The van der Waals surface area contributed by atoms with Crippen LogP contribution in [0.5, 0.6) is 0 Å². The van der Waals surface area contributed by atoms with Crippen LogP contribution in [0.2, 0.25) is 0 Å². The minimum absolute atomic E-state index is 0.0116. The third-order valence-corrected chi connectivity index (χ3v) is 8.15. The summed E-state index contributed by atoms with van der Waals surface area (Å²) in [5.74, 6) is 1.22. The van der Waals surface area contributed by atoms with Crippen molar-refractivity contribution in [1.82, 2.24) is 34.2 Å². The van der Waals surface area contributed by atoms with Gasteiger partial charge in [0.05, 0.1) is 12.4 Å². The number of carbonyl (C=O) groups excluding carboxylic acids is 1. The van der Waals surface area contributed by atoms with Crippen molar-refractivity contribution in [2.75, 3.05) is 63.6 Å². The number of hydrogen-bond donors (Lipinski definition) is 3. The average Bonchev–Trinajstić information content (AvgIpc) is 3.54. The van der Waals surface area contributed by atoms with Gasteiger partial charge in [0.2, 0.25) is 11.9 Å². The van der Waals surface area contributed by atoms with Crippen molar-refractivity contribution in [3.05, 3.63) is 18.5 Å². The summed E-state index contributed by atoms with van der Waals surface area (Å²) in [6, 6.07) is -0.0539. The summed E-state index contributed by atoms with van der Waals surface area (Å²) >= 11 is 0. The summed E-state index contributed by atoms with van der Waals surface area (Å²) in [5, 5.41) is 23.4. The average molecular weight is 556 g/mol. The Morgan fingerprint density at radius 1 is 1.18 bits per heavy atom. The minimum atomic E-state index is -0.919. The van der Waals surface area contributed by atoms with Crippen LogP contribution >= 0.6 is 0 Å². The highest BCUT2D eigenvalue weighted by Gasteiger charge is 2.40. The number of likely N-dealkylation sites (N-methyl/N-ethyl adjacent to an activating group) is 1. The van der Waals surface area contributed by atoms with Gasteiger partial charge in [-0.2, -0.15) is 9.97 Å². The summed E-state index contributed by atoms with van der Waals surface area (Å²) in [6.07, 6.45) is 5.98. The van der Waals surface area contributed by atoms with E-state index in [1.54, 1.807) is 17.3 Å². The van der Waals surface area contributed by atoms with Crippen LogP contribution in [0.3, 0.4) is 0 Å². The Morgan fingerprint density at radius 3 is 2.62 bits per heavy atom. The maximum Gasteiger partial charge on any atom is 0.407 e. The first-order valence-corrected chi connectivity index (χ1v) is 14.1. The number of amides is 2. The number of nitrogens with one attached hydrogen (secondary N) is 1. The lowest BCUT2D eigenvalue weighted by molar-refractivity contribution is -0.125. The molecule has 40 heavy (non-hydrogen) atoms. The van der Waals surface area contributed by atoms with Crippen LogP contribution in [0.25, 0.3) is 11.2 Å². The first-order valence-electron chi connectivity index (χ1n) is 14.1. The van der Waals surface area contributed by atoms with Gasteiger partial charge in [-0.05, 0) is 53.1 Å². The lowest BCUT2D eigenvalue weighted by Gasteiger charge is -2.41. The van der Waals surface area contributed by atoms with Crippen molar-refractivity contribution < 1.29 is 19.8 Å². The normalized spacial score (nSPS) is 24.1. The molecule has 0 spiro atoms. The van der Waals surface area contributed by atoms with E-state index in [1.807, 2.05) is 39.4 Å². The van der Waals surface area contributed by atoms with Gasteiger partial charge in [0, 0.05) is 63.5 Å². The third kappa shape index (κ3) is 5.85. The van der Waals surface area contributed by atoms with E-state index in [1.165, 1.54) is 0 Å². The monoisotopic (exact) mass is 555 g/mol. The van der Waals surface area contributed by atoms with E-state index in [4.69, 9.17) is 9.97 Å². The van der Waals surface area contributed by atoms with Gasteiger partial charge in [-0.3, -0.25) is 4.79 Å². The Labute approximate surface area is 234 Å². The molecule has 0 aliphatic carbocycles. The summed E-state index contributed by atoms with van der Waals surface area (Å²) in [6.45, 7) is 7.39. The molecular formula is C27H41N9O4. The highest BCUT2D eigenvalue weighted by atomic mass is 16.4. The highest BCUT2D eigenvalue weighted by molar-refractivity contribution is 5.88. The van der Waals surface area contributed by atoms with Crippen molar-refractivity contribution in [3.8, 4) is 0 Å². The van der Waals surface area contributed by atoms with Crippen LogP contribution in [-0.2, 0) is 4.79 Å². The van der Waals surface area contributed by atoms with Gasteiger partial charge in [-0.25, -0.2) is 9.78 Å². The number of imidazole rings is 1. The maximum atomic E-state index is 12.7. The largest absolute Gasteiger partial charge is 0.465 e. The summed E-state index contributed by atoms with van der Waals surface area (Å²) in [4.78, 5) is 46.4. The molecular weight excluding hydrogens is 514 g/mol. The Hall–Kier alpha value is -3.45. The second-order valence-corrected chi connectivity index (χ2v) is 11.8. The fraction of sp³-hybridized carbons (Fsp3) is 0.667. The van der Waals surface area contributed by atoms with E-state index in [0.717, 1.165) is 12.1 Å². The van der Waals surface area contributed by atoms with Gasteiger partial charge in [-0.15, -0.1) is 0 Å². The van der Waals surface area contributed by atoms with Crippen molar-refractivity contribution in [2.24, 2.45) is 5.92 Å². The van der Waals surface area contributed by atoms with E-state index < -0.39 is 6.09 Å². The van der Waals surface area contributed by atoms with Crippen LogP contribution in [0, 0.1) is 5.92 Å². The number of fused-ring (bicyclic) bond motifs is 1. The number of aliphatic hydroxyl groups is 1. The number of piperidine rings is 1. The van der Waals surface area contributed by atoms with Crippen molar-refractivity contribution in [1.29, 1.82) is 0 Å². The lowest BCUT2D eigenvalue weighted by atomic mass is 9.87. The minimum Gasteiger partial charge on any atom is -0.465 e. The number of β-amino-alcohol motifs (C(OH)–C–C–N with tert-alkyl or cyclic N) is 1. The number of nitrogens with zero attached hydrogens (tertiary/aromatic N) is 8. The first-order chi connectivity index (χ1) is 19.1. The summed E-state index contributed by atoms with van der Waals surface area (Å²) in [5.41, 5.74) is 1.41. The van der Waals surface area contributed by atoms with Gasteiger partial charge in [0.15, 0.2) is 17.0 Å². The molecule has 3 N–H and O–H groups in total. The topological polar surface area (TPSA) is 143 Å². The number of rotatable bonds is 8. The maximum absolute atomic E-state index is 12.7. The molecule has 2 amide bonds. The second-order valence-electron chi connectivity index (χ2n) is 11.8. The predicted molar refractivity (Wildman–Crippen MR) is 151 cm³/mol. The standard InChI is InChI=1S/C27H41N9O4/c1-17(2)36-16-28-23-24(30-26(31-25(23)36)34-14-20(37)15-34)29-19-8-11-35(27(39)40)21(12-19)18-7-10-33(13-18)22(38)6-5-9-32(3)4/h5-6,16-21,37H,7-15H2,1-4H3,(H,39,40)(H,29,30,31)/b6-5+. The highest BCUT2D eigenvalue weighted by Crippen LogP contribution is 2.33. The second kappa shape index (κ2) is 11.6. The number of carboxylic acid groups (broad SMARTS) is 1. The Kier molecular flexibility index (Phi) is 8.13. The zero-order chi connectivity index (χ0) is 28.6. The molecule has 2 aromatic rings. The quantitative estimate of drug-likeness (QED) is 0.410. The zero-order valence-electron chi connectivity index (χ0n) is 23.8. The van der Waals surface area contributed by atoms with Crippen LogP contribution < -0.4 is 10.2 Å². The molecule has 0 aromatic carbocycles. The van der Waals surface area contributed by atoms with E-state index in [2.05, 4.69) is 24.1 Å². The van der Waals surface area contributed by atoms with Gasteiger partial charge < -0.3 is 39.7 Å². The molecule has 218 valence electrons. The molecule has 3 atom stereocenters. The molecule has 0 bridgehead atoms. The lowest BCUT2D eigenvalue weighted by Crippen LogP contribution is -2.52. The fourth-order valence-electron chi connectivity index (χ4n) is 5.92. The predicted octanol–water partition coefficient (Wildman–Crippen LogP) is 1.48. The summed E-state index contributed by atoms with van der Waals surface area (Å²) < 4.78 is 2.01. The SMILES string of the molecule is CC(C)n1cnc2c(NC3CCN(C(=O)O)C(C4CCN(C(=O)/C=C/CN(C)C)C4)C3)nc(N3CC(O)C3)nc21. The molecule has 2 aromatic heterocycles. The van der Waals surface area contributed by atoms with E-state index in [9.17, 15) is 19.8 Å². The van der Waals surface area contributed by atoms with Crippen molar-refractivity contribution in [2.45, 2.75) is 57.3 Å². The molecule has 13 heteroatoms. The molecule has 0 saturated carbocycles. The third-order valence-electron chi connectivity index (χ3n) is 8.15. The molecule has 5 heterocycles. The van der Waals surface area contributed by atoms with Gasteiger partial charge in [0.1, 0.15) is 0 Å². The van der Waals surface area contributed by atoms with Crippen LogP contribution in [-0.4, -0.2) is 128 Å². The summed E-state index contributed by atoms with van der Waals surface area (Å²) in [7, 11) is 3.90. The van der Waals surface area contributed by atoms with Crippen molar-refractivity contribution >= 4 is 34.9 Å². The van der Waals surface area contributed by atoms with E-state index in [-0.39, 0.29) is 36.1 Å². The fourth-order valence-corrected chi connectivity index (χ4v) is 5.92. The Balaban J connectivity index is 1.33. The molecule has 3 aliphatic heterocycles. The molecule has 13 nitrogen and oxygen atoms in total. The number of aliphatic hydroxyl groups excluding tert-OH is 1.